The Hall–Kier alpha value is -1.75. The molecule has 0 aliphatic heterocycles. The maximum atomic E-state index is 11.7. The molecule has 0 spiro atoms. The summed E-state index contributed by atoms with van der Waals surface area (Å²) in [7, 11) is 0. The summed E-state index contributed by atoms with van der Waals surface area (Å²) in [6.45, 7) is 3.93. The highest BCUT2D eigenvalue weighted by atomic mass is 16.5. The number of nitrogens with one attached hydrogen (secondary N) is 1. The summed E-state index contributed by atoms with van der Waals surface area (Å²) in [6, 6.07) is 7.27. The van der Waals surface area contributed by atoms with Crippen LogP contribution in [0.2, 0.25) is 0 Å². The molecule has 24 heavy (non-hydrogen) atoms. The fraction of sp³-hybridized carbons (Fsp3) is 0.632. The van der Waals surface area contributed by atoms with Gasteiger partial charge in [-0.3, -0.25) is 4.79 Å². The molecule has 1 aromatic rings. The molecule has 1 aliphatic rings. The summed E-state index contributed by atoms with van der Waals surface area (Å²) in [4.78, 5) is 11.7. The Morgan fingerprint density at radius 2 is 1.75 bits per heavy atom. The lowest BCUT2D eigenvalue weighted by atomic mass is 9.98. The van der Waals surface area contributed by atoms with Crippen LogP contribution < -0.4 is 14.8 Å². The third kappa shape index (κ3) is 7.21. The van der Waals surface area contributed by atoms with Crippen molar-refractivity contribution in [3.63, 3.8) is 0 Å². The van der Waals surface area contributed by atoms with Crippen LogP contribution in [0.15, 0.2) is 24.3 Å². The fourth-order valence-electron chi connectivity index (χ4n) is 2.78. The normalized spacial score (nSPS) is 15.0. The first-order chi connectivity index (χ1) is 11.8. The van der Waals surface area contributed by atoms with Crippen LogP contribution in [0.5, 0.6) is 11.5 Å². The molecule has 1 aromatic carbocycles. The van der Waals surface area contributed by atoms with Crippen molar-refractivity contribution in [2.24, 2.45) is 0 Å². The monoisotopic (exact) mass is 335 g/mol. The number of hydrogen-bond acceptors (Lipinski definition) is 4. The molecule has 0 heterocycles. The Morgan fingerprint density at radius 3 is 2.42 bits per heavy atom. The van der Waals surface area contributed by atoms with Crippen LogP contribution >= 0.6 is 0 Å². The van der Waals surface area contributed by atoms with Crippen LogP contribution in [0.1, 0.15) is 45.4 Å². The zero-order valence-corrected chi connectivity index (χ0v) is 14.6. The van der Waals surface area contributed by atoms with Gasteiger partial charge in [0, 0.05) is 13.2 Å². The van der Waals surface area contributed by atoms with Crippen LogP contribution in [0.4, 0.5) is 0 Å². The molecular formula is C19H29NO4. The van der Waals surface area contributed by atoms with Crippen molar-refractivity contribution in [1.29, 1.82) is 0 Å². The number of ether oxygens (including phenoxy) is 3. The van der Waals surface area contributed by atoms with E-state index >= 15 is 0 Å². The minimum atomic E-state index is -0.110. The van der Waals surface area contributed by atoms with Gasteiger partial charge in [-0.2, -0.15) is 0 Å². The summed E-state index contributed by atoms with van der Waals surface area (Å²) < 4.78 is 16.6. The SMILES string of the molecule is CCOc1ccc(OCC(=O)NCCCOC2CCCCC2)cc1. The second-order valence-corrected chi connectivity index (χ2v) is 6.03. The third-order valence-electron chi connectivity index (χ3n) is 4.05. The van der Waals surface area contributed by atoms with E-state index in [9.17, 15) is 4.79 Å². The first-order valence-electron chi connectivity index (χ1n) is 9.02. The third-order valence-corrected chi connectivity index (χ3v) is 4.05. The highest BCUT2D eigenvalue weighted by Gasteiger charge is 2.13. The molecule has 1 saturated carbocycles. The summed E-state index contributed by atoms with van der Waals surface area (Å²) in [5, 5.41) is 2.85. The van der Waals surface area contributed by atoms with Gasteiger partial charge in [0.1, 0.15) is 11.5 Å². The Kier molecular flexibility index (Phi) is 8.46. The second kappa shape index (κ2) is 10.9. The van der Waals surface area contributed by atoms with Crippen LogP contribution in [0, 0.1) is 0 Å². The summed E-state index contributed by atoms with van der Waals surface area (Å²) in [5.41, 5.74) is 0. The minimum absolute atomic E-state index is 0.0253. The van der Waals surface area contributed by atoms with Crippen LogP contribution in [0.3, 0.4) is 0 Å². The number of carbonyl (C=O) groups excluding carboxylic acids is 1. The van der Waals surface area contributed by atoms with Crippen molar-refractivity contribution in [1.82, 2.24) is 5.32 Å². The van der Waals surface area contributed by atoms with E-state index in [1.807, 2.05) is 19.1 Å². The van der Waals surface area contributed by atoms with Gasteiger partial charge in [-0.25, -0.2) is 0 Å². The number of hydrogen-bond donors (Lipinski definition) is 1. The maximum Gasteiger partial charge on any atom is 0.257 e. The van der Waals surface area contributed by atoms with Crippen molar-refractivity contribution in [3.8, 4) is 11.5 Å². The topological polar surface area (TPSA) is 56.8 Å². The Balaban J connectivity index is 1.51. The molecule has 0 bridgehead atoms. The zero-order chi connectivity index (χ0) is 17.0. The minimum Gasteiger partial charge on any atom is -0.494 e. The number of benzene rings is 1. The van der Waals surface area contributed by atoms with Gasteiger partial charge < -0.3 is 19.5 Å². The molecule has 1 aliphatic carbocycles. The summed E-state index contributed by atoms with van der Waals surface area (Å²) in [5.74, 6) is 1.35. The van der Waals surface area contributed by atoms with E-state index in [1.54, 1.807) is 12.1 Å². The average molecular weight is 335 g/mol. The van der Waals surface area contributed by atoms with E-state index in [4.69, 9.17) is 14.2 Å². The van der Waals surface area contributed by atoms with Gasteiger partial charge in [0.15, 0.2) is 6.61 Å². The van der Waals surface area contributed by atoms with E-state index < -0.39 is 0 Å². The van der Waals surface area contributed by atoms with Crippen LogP contribution in [0.25, 0.3) is 0 Å². The van der Waals surface area contributed by atoms with E-state index in [1.165, 1.54) is 32.1 Å². The summed E-state index contributed by atoms with van der Waals surface area (Å²) in [6.07, 6.45) is 7.53. The Labute approximate surface area is 144 Å². The molecule has 0 aromatic heterocycles. The van der Waals surface area contributed by atoms with E-state index in [2.05, 4.69) is 5.32 Å². The number of rotatable bonds is 10. The molecule has 0 atom stereocenters. The Morgan fingerprint density at radius 1 is 1.08 bits per heavy atom. The van der Waals surface area contributed by atoms with Gasteiger partial charge in [-0.1, -0.05) is 19.3 Å². The fourth-order valence-corrected chi connectivity index (χ4v) is 2.78. The van der Waals surface area contributed by atoms with Gasteiger partial charge in [-0.05, 0) is 50.5 Å². The van der Waals surface area contributed by atoms with Crippen LogP contribution in [-0.4, -0.2) is 38.4 Å². The van der Waals surface area contributed by atoms with Crippen molar-refractivity contribution in [3.05, 3.63) is 24.3 Å². The second-order valence-electron chi connectivity index (χ2n) is 6.03. The van der Waals surface area contributed by atoms with Crippen molar-refractivity contribution < 1.29 is 19.0 Å². The van der Waals surface area contributed by atoms with Gasteiger partial charge in [-0.15, -0.1) is 0 Å². The standard InChI is InChI=1S/C19H29NO4/c1-2-22-17-9-11-18(12-10-17)24-15-19(21)20-13-6-14-23-16-7-4-3-5-8-16/h9-12,16H,2-8,13-15H2,1H3,(H,20,21). The molecule has 134 valence electrons. The van der Waals surface area contributed by atoms with Gasteiger partial charge in [0.05, 0.1) is 12.7 Å². The molecule has 0 unspecified atom stereocenters. The molecule has 5 nitrogen and oxygen atoms in total. The zero-order valence-electron chi connectivity index (χ0n) is 14.6. The molecule has 1 N–H and O–H groups in total. The lowest BCUT2D eigenvalue weighted by Crippen LogP contribution is -2.30. The predicted molar refractivity (Wildman–Crippen MR) is 93.6 cm³/mol. The first-order valence-corrected chi connectivity index (χ1v) is 9.02. The highest BCUT2D eigenvalue weighted by molar-refractivity contribution is 5.77. The first kappa shape index (κ1) is 18.6. The summed E-state index contributed by atoms with van der Waals surface area (Å²) >= 11 is 0. The van der Waals surface area contributed by atoms with Crippen molar-refractivity contribution >= 4 is 5.91 Å². The van der Waals surface area contributed by atoms with Gasteiger partial charge >= 0.3 is 0 Å². The highest BCUT2D eigenvalue weighted by Crippen LogP contribution is 2.20. The molecule has 0 saturated heterocycles. The largest absolute Gasteiger partial charge is 0.494 e. The van der Waals surface area contributed by atoms with E-state index in [-0.39, 0.29) is 12.5 Å². The molecule has 2 rings (SSSR count). The van der Waals surface area contributed by atoms with E-state index in [0.717, 1.165) is 12.2 Å². The molecule has 1 fully saturated rings. The van der Waals surface area contributed by atoms with E-state index in [0.29, 0.717) is 31.6 Å². The molecule has 0 radical (unpaired) electrons. The average Bonchev–Trinajstić information content (AvgIpc) is 2.62. The number of carbonyl (C=O) groups is 1. The quantitative estimate of drug-likeness (QED) is 0.667. The molecule has 5 heteroatoms. The van der Waals surface area contributed by atoms with Crippen molar-refractivity contribution in [2.45, 2.75) is 51.6 Å². The number of amides is 1. The van der Waals surface area contributed by atoms with Gasteiger partial charge in [0.2, 0.25) is 0 Å². The lowest BCUT2D eigenvalue weighted by molar-refractivity contribution is -0.123. The van der Waals surface area contributed by atoms with Crippen LogP contribution in [-0.2, 0) is 9.53 Å². The van der Waals surface area contributed by atoms with Gasteiger partial charge in [0.25, 0.3) is 5.91 Å². The Bertz CT molecular complexity index is 469. The molecular weight excluding hydrogens is 306 g/mol. The smallest absolute Gasteiger partial charge is 0.257 e. The lowest BCUT2D eigenvalue weighted by Gasteiger charge is -2.21. The predicted octanol–water partition coefficient (Wildman–Crippen LogP) is 3.32. The maximum absolute atomic E-state index is 11.7. The molecule has 1 amide bonds. The van der Waals surface area contributed by atoms with Crippen molar-refractivity contribution in [2.75, 3.05) is 26.4 Å².